The third kappa shape index (κ3) is 6.25. The lowest BCUT2D eigenvalue weighted by Crippen LogP contribution is -2.49. The van der Waals surface area contributed by atoms with Crippen LogP contribution in [0.2, 0.25) is 0 Å². The van der Waals surface area contributed by atoms with Crippen LogP contribution < -0.4 is 10.6 Å². The van der Waals surface area contributed by atoms with Crippen LogP contribution in [0.25, 0.3) is 0 Å². The van der Waals surface area contributed by atoms with E-state index in [4.69, 9.17) is 0 Å². The molecule has 5 nitrogen and oxygen atoms in total. The summed E-state index contributed by atoms with van der Waals surface area (Å²) in [5.41, 5.74) is 0. The molecule has 1 saturated heterocycles. The molecule has 0 bridgehead atoms. The lowest BCUT2D eigenvalue weighted by atomic mass is 9.83. The van der Waals surface area contributed by atoms with Gasteiger partial charge in [-0.3, -0.25) is 0 Å². The number of hydrogen-bond donors (Lipinski definition) is 3. The summed E-state index contributed by atoms with van der Waals surface area (Å²) in [7, 11) is 0. The number of urea groups is 1. The first-order valence-electron chi connectivity index (χ1n) is 9.99. The number of aliphatic hydroxyl groups excluding tert-OH is 1. The van der Waals surface area contributed by atoms with Gasteiger partial charge in [-0.2, -0.15) is 0 Å². The number of carbonyl (C=O) groups is 1. The van der Waals surface area contributed by atoms with E-state index in [0.717, 1.165) is 13.1 Å². The fourth-order valence-corrected chi connectivity index (χ4v) is 4.29. The maximum Gasteiger partial charge on any atom is 0.315 e. The largest absolute Gasteiger partial charge is 0.396 e. The van der Waals surface area contributed by atoms with Crippen LogP contribution in [0, 0.1) is 11.8 Å². The second-order valence-electron chi connectivity index (χ2n) is 7.97. The molecule has 2 rings (SSSR count). The molecule has 1 aliphatic heterocycles. The highest BCUT2D eigenvalue weighted by Crippen LogP contribution is 2.27. The predicted molar refractivity (Wildman–Crippen MR) is 98.0 cm³/mol. The maximum absolute atomic E-state index is 12.3. The van der Waals surface area contributed by atoms with Crippen LogP contribution in [0.3, 0.4) is 0 Å². The Morgan fingerprint density at radius 2 is 1.92 bits per heavy atom. The molecule has 0 aromatic rings. The summed E-state index contributed by atoms with van der Waals surface area (Å²) in [5.74, 6) is 1.08. The van der Waals surface area contributed by atoms with Crippen LogP contribution in [-0.2, 0) is 0 Å². The lowest BCUT2D eigenvalue weighted by molar-refractivity contribution is 0.138. The summed E-state index contributed by atoms with van der Waals surface area (Å²) in [6.45, 7) is 7.65. The quantitative estimate of drug-likeness (QED) is 0.668. The van der Waals surface area contributed by atoms with Gasteiger partial charge in [0.25, 0.3) is 0 Å². The van der Waals surface area contributed by atoms with Crippen LogP contribution in [-0.4, -0.2) is 54.4 Å². The molecule has 2 unspecified atom stereocenters. The number of aliphatic hydroxyl groups is 1. The zero-order valence-corrected chi connectivity index (χ0v) is 15.6. The van der Waals surface area contributed by atoms with Crippen molar-refractivity contribution in [2.24, 2.45) is 11.8 Å². The van der Waals surface area contributed by atoms with Crippen molar-refractivity contribution in [2.45, 2.75) is 77.3 Å². The molecule has 2 amide bonds. The molecule has 1 aliphatic carbocycles. The second kappa shape index (κ2) is 10.2. The van der Waals surface area contributed by atoms with Crippen molar-refractivity contribution in [3.8, 4) is 0 Å². The molecular weight excluding hydrogens is 302 g/mol. The molecule has 2 fully saturated rings. The summed E-state index contributed by atoms with van der Waals surface area (Å²) in [4.78, 5) is 14.8. The van der Waals surface area contributed by atoms with E-state index in [0.29, 0.717) is 24.3 Å². The molecule has 0 aromatic heterocycles. The van der Waals surface area contributed by atoms with Crippen molar-refractivity contribution in [3.63, 3.8) is 0 Å². The van der Waals surface area contributed by atoms with Crippen molar-refractivity contribution in [2.75, 3.05) is 26.2 Å². The smallest absolute Gasteiger partial charge is 0.315 e. The first-order valence-corrected chi connectivity index (χ1v) is 9.99. The number of amides is 2. The first kappa shape index (κ1) is 19.5. The van der Waals surface area contributed by atoms with Crippen LogP contribution in [0.4, 0.5) is 4.79 Å². The minimum Gasteiger partial charge on any atom is -0.396 e. The second-order valence-corrected chi connectivity index (χ2v) is 7.97. The summed E-state index contributed by atoms with van der Waals surface area (Å²) in [5, 5.41) is 15.5. The number of nitrogens with one attached hydrogen (secondary N) is 2. The van der Waals surface area contributed by atoms with Gasteiger partial charge >= 0.3 is 6.03 Å². The van der Waals surface area contributed by atoms with E-state index < -0.39 is 0 Å². The fourth-order valence-electron chi connectivity index (χ4n) is 4.29. The van der Waals surface area contributed by atoms with E-state index in [2.05, 4.69) is 29.4 Å². The van der Waals surface area contributed by atoms with Gasteiger partial charge < -0.3 is 20.6 Å². The highest BCUT2D eigenvalue weighted by molar-refractivity contribution is 5.74. The molecule has 24 heavy (non-hydrogen) atoms. The number of carbonyl (C=O) groups excluding carboxylic acids is 1. The Bertz CT molecular complexity index is 370. The van der Waals surface area contributed by atoms with Crippen molar-refractivity contribution < 1.29 is 9.90 Å². The Morgan fingerprint density at radius 1 is 1.17 bits per heavy atom. The number of hydrogen-bond acceptors (Lipinski definition) is 3. The van der Waals surface area contributed by atoms with Crippen LogP contribution in [0.15, 0.2) is 0 Å². The van der Waals surface area contributed by atoms with E-state index in [1.165, 1.54) is 51.5 Å². The number of nitrogens with zero attached hydrogens (tertiary/aromatic N) is 1. The highest BCUT2D eigenvalue weighted by atomic mass is 16.3. The van der Waals surface area contributed by atoms with E-state index in [9.17, 15) is 9.90 Å². The molecule has 0 radical (unpaired) electrons. The summed E-state index contributed by atoms with van der Waals surface area (Å²) in [6.07, 6.45) is 9.26. The van der Waals surface area contributed by atoms with E-state index in [1.807, 2.05) is 0 Å². The average Bonchev–Trinajstić information content (AvgIpc) is 2.60. The monoisotopic (exact) mass is 339 g/mol. The van der Waals surface area contributed by atoms with E-state index >= 15 is 0 Å². The molecule has 1 heterocycles. The number of piperidine rings is 1. The first-order chi connectivity index (χ1) is 11.6. The highest BCUT2D eigenvalue weighted by Gasteiger charge is 2.26. The average molecular weight is 340 g/mol. The van der Waals surface area contributed by atoms with Gasteiger partial charge in [0, 0.05) is 31.8 Å². The molecule has 0 aromatic carbocycles. The Kier molecular flexibility index (Phi) is 8.33. The van der Waals surface area contributed by atoms with Gasteiger partial charge in [0.2, 0.25) is 0 Å². The van der Waals surface area contributed by atoms with Crippen LogP contribution in [0.1, 0.15) is 65.2 Å². The summed E-state index contributed by atoms with van der Waals surface area (Å²) >= 11 is 0. The molecule has 0 spiro atoms. The third-order valence-corrected chi connectivity index (χ3v) is 5.81. The normalized spacial score (nSPS) is 24.8. The van der Waals surface area contributed by atoms with Crippen LogP contribution >= 0.6 is 0 Å². The molecule has 3 N–H and O–H groups in total. The molecule has 1 saturated carbocycles. The lowest BCUT2D eigenvalue weighted by Gasteiger charge is -2.35. The molecule has 5 heteroatoms. The van der Waals surface area contributed by atoms with Gasteiger partial charge in [0.15, 0.2) is 0 Å². The Balaban J connectivity index is 1.74. The third-order valence-electron chi connectivity index (χ3n) is 5.81. The van der Waals surface area contributed by atoms with Gasteiger partial charge in [-0.25, -0.2) is 4.79 Å². The van der Waals surface area contributed by atoms with Crippen molar-refractivity contribution in [1.29, 1.82) is 0 Å². The molecular formula is C19H37N3O2. The summed E-state index contributed by atoms with van der Waals surface area (Å²) in [6, 6.07) is 0.649. The SMILES string of the molecule is CC(C)N1CCCC(CNC(=O)NC(CCO)C2CCCCC2)C1. The van der Waals surface area contributed by atoms with E-state index in [-0.39, 0.29) is 18.7 Å². The Morgan fingerprint density at radius 3 is 2.58 bits per heavy atom. The van der Waals surface area contributed by atoms with Gasteiger partial charge in [0.1, 0.15) is 0 Å². The maximum atomic E-state index is 12.3. The van der Waals surface area contributed by atoms with Crippen molar-refractivity contribution in [3.05, 3.63) is 0 Å². The fraction of sp³-hybridized carbons (Fsp3) is 0.947. The number of likely N-dealkylation sites (tertiary alicyclic amines) is 1. The minimum atomic E-state index is -0.0549. The standard InChI is InChI=1S/C19H37N3O2/c1-15(2)22-11-6-7-16(14-22)13-20-19(24)21-18(10-12-23)17-8-4-3-5-9-17/h15-18,23H,3-14H2,1-2H3,(H2,20,21,24). The number of rotatable bonds is 7. The van der Waals surface area contributed by atoms with Gasteiger partial charge in [0.05, 0.1) is 0 Å². The molecule has 2 atom stereocenters. The minimum absolute atomic E-state index is 0.0549. The van der Waals surface area contributed by atoms with E-state index in [1.54, 1.807) is 0 Å². The van der Waals surface area contributed by atoms with Gasteiger partial charge in [-0.1, -0.05) is 19.3 Å². The Hall–Kier alpha value is -0.810. The Labute approximate surface area is 147 Å². The van der Waals surface area contributed by atoms with Gasteiger partial charge in [-0.05, 0) is 64.3 Å². The summed E-state index contributed by atoms with van der Waals surface area (Å²) < 4.78 is 0. The zero-order valence-electron chi connectivity index (χ0n) is 15.6. The topological polar surface area (TPSA) is 64.6 Å². The predicted octanol–water partition coefficient (Wildman–Crippen LogP) is 2.74. The molecule has 140 valence electrons. The molecule has 2 aliphatic rings. The van der Waals surface area contributed by atoms with Gasteiger partial charge in [-0.15, -0.1) is 0 Å². The van der Waals surface area contributed by atoms with Crippen molar-refractivity contribution >= 4 is 6.03 Å². The van der Waals surface area contributed by atoms with Crippen LogP contribution in [0.5, 0.6) is 0 Å². The van der Waals surface area contributed by atoms with Crippen molar-refractivity contribution in [1.82, 2.24) is 15.5 Å². The zero-order chi connectivity index (χ0) is 17.4.